The van der Waals surface area contributed by atoms with Gasteiger partial charge in [-0.05, 0) is 31.2 Å². The fraction of sp³-hybridized carbons (Fsp3) is 0.0526. The van der Waals surface area contributed by atoms with Gasteiger partial charge >= 0.3 is 0 Å². The highest BCUT2D eigenvalue weighted by Crippen LogP contribution is 2.23. The van der Waals surface area contributed by atoms with Gasteiger partial charge in [0.25, 0.3) is 5.91 Å². The number of anilines is 1. The van der Waals surface area contributed by atoms with Crippen LogP contribution < -0.4 is 5.32 Å². The number of hydrogen-bond acceptors (Lipinski definition) is 5. The normalized spacial score (nSPS) is 10.7. The van der Waals surface area contributed by atoms with Crippen molar-refractivity contribution in [1.82, 2.24) is 20.0 Å². The van der Waals surface area contributed by atoms with E-state index in [-0.39, 0.29) is 11.6 Å². The number of aryl methyl sites for hydroxylation is 1. The van der Waals surface area contributed by atoms with Crippen LogP contribution >= 0.6 is 11.3 Å². The summed E-state index contributed by atoms with van der Waals surface area (Å²) in [5.74, 6) is -0.301. The Morgan fingerprint density at radius 1 is 1.08 bits per heavy atom. The lowest BCUT2D eigenvalue weighted by Crippen LogP contribution is -2.13. The Morgan fingerprint density at radius 2 is 1.85 bits per heavy atom. The zero-order chi connectivity index (χ0) is 17.9. The molecule has 0 aliphatic heterocycles. The second-order valence-corrected chi connectivity index (χ2v) is 6.70. The average Bonchev–Trinajstić information content (AvgIpc) is 3.32. The fourth-order valence-corrected chi connectivity index (χ4v) is 3.09. The van der Waals surface area contributed by atoms with Crippen LogP contribution in [-0.2, 0) is 0 Å². The van der Waals surface area contributed by atoms with Gasteiger partial charge in [-0.2, -0.15) is 9.90 Å². The van der Waals surface area contributed by atoms with E-state index in [9.17, 15) is 4.79 Å². The zero-order valence-electron chi connectivity index (χ0n) is 14.0. The summed E-state index contributed by atoms with van der Waals surface area (Å²) in [5, 5.41) is 14.3. The third-order valence-electron chi connectivity index (χ3n) is 3.77. The molecule has 6 nitrogen and oxygen atoms in total. The molecule has 2 heterocycles. The van der Waals surface area contributed by atoms with Crippen molar-refractivity contribution in [2.75, 3.05) is 5.32 Å². The van der Waals surface area contributed by atoms with Crippen LogP contribution in [-0.4, -0.2) is 25.9 Å². The standard InChI is InChI=1S/C19H15N5OS/c1-13-21-18(12-26-13)14-7-9-15(10-8-14)22-19(25)17-11-20-24(23-17)16-5-3-2-4-6-16/h2-12H,1H3,(H,22,25). The Morgan fingerprint density at radius 3 is 2.54 bits per heavy atom. The third kappa shape index (κ3) is 3.38. The predicted octanol–water partition coefficient (Wildman–Crippen LogP) is 3.95. The second kappa shape index (κ2) is 6.89. The molecule has 0 bridgehead atoms. The number of nitrogens with one attached hydrogen (secondary N) is 1. The number of aromatic nitrogens is 4. The van der Waals surface area contributed by atoms with Crippen molar-refractivity contribution in [2.24, 2.45) is 0 Å². The summed E-state index contributed by atoms with van der Waals surface area (Å²) in [4.78, 5) is 18.3. The van der Waals surface area contributed by atoms with Crippen LogP contribution in [0, 0.1) is 6.92 Å². The molecule has 0 spiro atoms. The molecule has 0 radical (unpaired) electrons. The van der Waals surface area contributed by atoms with Crippen LogP contribution in [0.15, 0.2) is 66.2 Å². The van der Waals surface area contributed by atoms with Gasteiger partial charge in [-0.3, -0.25) is 4.79 Å². The molecule has 1 amide bonds. The van der Waals surface area contributed by atoms with E-state index in [2.05, 4.69) is 20.5 Å². The molecule has 0 saturated heterocycles. The smallest absolute Gasteiger partial charge is 0.277 e. The van der Waals surface area contributed by atoms with Gasteiger partial charge in [0.05, 0.1) is 22.6 Å². The van der Waals surface area contributed by atoms with Gasteiger partial charge in [-0.25, -0.2) is 4.98 Å². The van der Waals surface area contributed by atoms with Crippen molar-refractivity contribution in [1.29, 1.82) is 0 Å². The van der Waals surface area contributed by atoms with Gasteiger partial charge in [0.15, 0.2) is 5.69 Å². The minimum atomic E-state index is -0.301. The number of thiazole rings is 1. The molecule has 0 atom stereocenters. The molecule has 1 N–H and O–H groups in total. The SMILES string of the molecule is Cc1nc(-c2ccc(NC(=O)c3cnn(-c4ccccc4)n3)cc2)cs1. The Kier molecular flexibility index (Phi) is 4.28. The maximum absolute atomic E-state index is 12.4. The van der Waals surface area contributed by atoms with Gasteiger partial charge in [-0.15, -0.1) is 16.4 Å². The van der Waals surface area contributed by atoms with E-state index >= 15 is 0 Å². The van der Waals surface area contributed by atoms with Crippen LogP contribution in [0.4, 0.5) is 5.69 Å². The van der Waals surface area contributed by atoms with E-state index < -0.39 is 0 Å². The van der Waals surface area contributed by atoms with Crippen molar-refractivity contribution in [2.45, 2.75) is 6.92 Å². The second-order valence-electron chi connectivity index (χ2n) is 5.64. The monoisotopic (exact) mass is 361 g/mol. The first-order valence-electron chi connectivity index (χ1n) is 8.01. The highest BCUT2D eigenvalue weighted by atomic mass is 32.1. The first kappa shape index (κ1) is 16.2. The fourth-order valence-electron chi connectivity index (χ4n) is 2.47. The number of amides is 1. The number of hydrogen-bond donors (Lipinski definition) is 1. The topological polar surface area (TPSA) is 72.7 Å². The van der Waals surface area contributed by atoms with E-state index in [4.69, 9.17) is 0 Å². The highest BCUT2D eigenvalue weighted by Gasteiger charge is 2.12. The maximum Gasteiger partial charge on any atom is 0.277 e. The van der Waals surface area contributed by atoms with E-state index in [0.29, 0.717) is 5.69 Å². The minimum Gasteiger partial charge on any atom is -0.321 e. The van der Waals surface area contributed by atoms with Gasteiger partial charge in [0.1, 0.15) is 0 Å². The third-order valence-corrected chi connectivity index (χ3v) is 4.54. The zero-order valence-corrected chi connectivity index (χ0v) is 14.8. The molecule has 0 aliphatic carbocycles. The molecule has 0 unspecified atom stereocenters. The molecule has 0 saturated carbocycles. The van der Waals surface area contributed by atoms with Gasteiger partial charge < -0.3 is 5.32 Å². The van der Waals surface area contributed by atoms with Crippen LogP contribution in [0.25, 0.3) is 16.9 Å². The van der Waals surface area contributed by atoms with E-state index in [1.165, 1.54) is 11.0 Å². The lowest BCUT2D eigenvalue weighted by atomic mass is 10.1. The molecule has 0 aliphatic rings. The number of carbonyl (C=O) groups excluding carboxylic acids is 1. The van der Waals surface area contributed by atoms with Gasteiger partial charge in [-0.1, -0.05) is 30.3 Å². The van der Waals surface area contributed by atoms with E-state index in [1.54, 1.807) is 11.3 Å². The summed E-state index contributed by atoms with van der Waals surface area (Å²) in [7, 11) is 0. The average molecular weight is 361 g/mol. The molecule has 0 fully saturated rings. The lowest BCUT2D eigenvalue weighted by Gasteiger charge is -2.04. The minimum absolute atomic E-state index is 0.257. The summed E-state index contributed by atoms with van der Waals surface area (Å²) in [5.41, 5.74) is 3.71. The summed E-state index contributed by atoms with van der Waals surface area (Å²) in [6.07, 6.45) is 1.45. The molecule has 4 rings (SSSR count). The Balaban J connectivity index is 1.47. The molecule has 2 aromatic heterocycles. The lowest BCUT2D eigenvalue weighted by molar-refractivity contribution is 0.102. The number of para-hydroxylation sites is 1. The van der Waals surface area contributed by atoms with Gasteiger partial charge in [0, 0.05) is 16.6 Å². The molecule has 2 aromatic carbocycles. The Labute approximate surface area is 154 Å². The summed E-state index contributed by atoms with van der Waals surface area (Å²) >= 11 is 1.61. The quantitative estimate of drug-likeness (QED) is 0.597. The maximum atomic E-state index is 12.4. The van der Waals surface area contributed by atoms with E-state index in [0.717, 1.165) is 22.0 Å². The Hall–Kier alpha value is -3.32. The van der Waals surface area contributed by atoms with Crippen molar-refractivity contribution in [3.05, 3.63) is 76.9 Å². The van der Waals surface area contributed by atoms with Crippen molar-refractivity contribution in [3.63, 3.8) is 0 Å². The number of benzene rings is 2. The molecule has 7 heteroatoms. The van der Waals surface area contributed by atoms with Crippen LogP contribution in [0.3, 0.4) is 0 Å². The molecule has 4 aromatic rings. The van der Waals surface area contributed by atoms with Gasteiger partial charge in [0.2, 0.25) is 0 Å². The number of nitrogens with zero attached hydrogens (tertiary/aromatic N) is 4. The van der Waals surface area contributed by atoms with Crippen LogP contribution in [0.5, 0.6) is 0 Å². The number of rotatable bonds is 4. The Bertz CT molecular complexity index is 1040. The molecular formula is C19H15N5OS. The largest absolute Gasteiger partial charge is 0.321 e. The summed E-state index contributed by atoms with van der Waals surface area (Å²) in [6, 6.07) is 17.0. The summed E-state index contributed by atoms with van der Waals surface area (Å²) in [6.45, 7) is 1.98. The van der Waals surface area contributed by atoms with Crippen molar-refractivity contribution >= 4 is 22.9 Å². The van der Waals surface area contributed by atoms with Crippen LogP contribution in [0.2, 0.25) is 0 Å². The van der Waals surface area contributed by atoms with Crippen molar-refractivity contribution in [3.8, 4) is 16.9 Å². The highest BCUT2D eigenvalue weighted by molar-refractivity contribution is 7.09. The first-order chi connectivity index (χ1) is 12.7. The molecule has 128 valence electrons. The summed E-state index contributed by atoms with van der Waals surface area (Å²) < 4.78 is 0. The van der Waals surface area contributed by atoms with Crippen molar-refractivity contribution < 1.29 is 4.79 Å². The first-order valence-corrected chi connectivity index (χ1v) is 8.89. The van der Waals surface area contributed by atoms with E-state index in [1.807, 2.05) is 66.9 Å². The predicted molar refractivity (Wildman–Crippen MR) is 102 cm³/mol. The van der Waals surface area contributed by atoms with Crippen LogP contribution in [0.1, 0.15) is 15.5 Å². The molecular weight excluding hydrogens is 346 g/mol. The molecule has 26 heavy (non-hydrogen) atoms. The number of carbonyl (C=O) groups is 1.